The minimum Gasteiger partial charge on any atom is -0.454 e. The molecule has 0 saturated heterocycles. The lowest BCUT2D eigenvalue weighted by Gasteiger charge is -2.28. The Bertz CT molecular complexity index is 1370. The van der Waals surface area contributed by atoms with Gasteiger partial charge in [-0.05, 0) is 36.8 Å². The Labute approximate surface area is 232 Å². The van der Waals surface area contributed by atoms with E-state index in [0.717, 1.165) is 16.2 Å². The number of nitrogen functional groups attached to an aromatic ring is 1. The van der Waals surface area contributed by atoms with Gasteiger partial charge in [-0.3, -0.25) is 33.6 Å². The average Bonchev–Trinajstić information content (AvgIpc) is 3.14. The predicted octanol–water partition coefficient (Wildman–Crippen LogP) is 2.16. The number of H-pyrrole nitrogens is 1. The van der Waals surface area contributed by atoms with Crippen molar-refractivity contribution in [3.05, 3.63) is 56.2 Å². The smallest absolute Gasteiger partial charge is 0.330 e. The number of nitrogens with two attached hydrogens (primary N) is 1. The van der Waals surface area contributed by atoms with Gasteiger partial charge in [-0.15, -0.1) is 0 Å². The van der Waals surface area contributed by atoms with Gasteiger partial charge in [0.1, 0.15) is 11.9 Å². The molecule has 12 nitrogen and oxygen atoms in total. The molecule has 3 N–H and O–H groups in total. The molecule has 0 unspecified atom stereocenters. The Balaban J connectivity index is 1.87. The summed E-state index contributed by atoms with van der Waals surface area (Å²) in [5.41, 5.74) is 4.91. The van der Waals surface area contributed by atoms with Gasteiger partial charge in [0.25, 0.3) is 23.3 Å². The van der Waals surface area contributed by atoms with Gasteiger partial charge >= 0.3 is 11.7 Å². The quantitative estimate of drug-likeness (QED) is 0.297. The van der Waals surface area contributed by atoms with Crippen molar-refractivity contribution in [2.75, 3.05) is 23.8 Å². The van der Waals surface area contributed by atoms with Crippen LogP contribution in [0.1, 0.15) is 74.6 Å². The number of hydrogen-bond acceptors (Lipinski definition) is 8. The summed E-state index contributed by atoms with van der Waals surface area (Å²) in [6.07, 6.45) is 1.90. The average molecular weight is 556 g/mol. The van der Waals surface area contributed by atoms with Crippen LogP contribution in [0.25, 0.3) is 0 Å². The molecule has 0 saturated carbocycles. The molecule has 2 heterocycles. The Morgan fingerprint density at radius 3 is 2.15 bits per heavy atom. The molecule has 0 aliphatic carbocycles. The highest BCUT2D eigenvalue weighted by Crippen LogP contribution is 2.28. The first-order chi connectivity index (χ1) is 18.9. The lowest BCUT2D eigenvalue weighted by molar-refractivity contribution is -0.153. The number of imide groups is 1. The van der Waals surface area contributed by atoms with Crippen molar-refractivity contribution < 1.29 is 23.9 Å². The number of rotatable bonds is 12. The van der Waals surface area contributed by atoms with E-state index >= 15 is 0 Å². The maximum atomic E-state index is 13.4. The first-order valence-electron chi connectivity index (χ1n) is 13.5. The van der Waals surface area contributed by atoms with Crippen LogP contribution >= 0.6 is 0 Å². The zero-order valence-corrected chi connectivity index (χ0v) is 23.6. The minimum atomic E-state index is -1.27. The molecule has 40 heavy (non-hydrogen) atoms. The number of nitrogens with one attached hydrogen (secondary N) is 1. The molecule has 0 spiro atoms. The standard InChI is InChI=1S/C28H37N5O7/c1-6-7-13-32-23(29)22(24(35)30-28(32)39)31(14-12-16(2)3)20(34)15-40-27(38)21(17(4)5)33-25(36)18-10-8-9-11-19(18)26(33)37/h8-11,16-17,21H,6-7,12-15,29H2,1-5H3,(H,30,35,39)/t21-/m0/s1. The number of carbonyl (C=O) groups is 4. The second kappa shape index (κ2) is 12.8. The number of ether oxygens (including phenoxy) is 1. The molecule has 1 aliphatic rings. The van der Waals surface area contributed by atoms with Crippen LogP contribution in [0.3, 0.4) is 0 Å². The Morgan fingerprint density at radius 1 is 1.02 bits per heavy atom. The molecule has 1 aliphatic heterocycles. The maximum absolute atomic E-state index is 13.4. The normalized spacial score (nSPS) is 13.6. The summed E-state index contributed by atoms with van der Waals surface area (Å²) in [7, 11) is 0. The first-order valence-corrected chi connectivity index (χ1v) is 13.5. The molecule has 216 valence electrons. The van der Waals surface area contributed by atoms with Crippen molar-refractivity contribution in [3.8, 4) is 0 Å². The number of benzene rings is 1. The van der Waals surface area contributed by atoms with Crippen LogP contribution in [-0.4, -0.2) is 57.3 Å². The fourth-order valence-corrected chi connectivity index (χ4v) is 4.56. The van der Waals surface area contributed by atoms with Gasteiger partial charge in [0.2, 0.25) is 0 Å². The van der Waals surface area contributed by atoms with Gasteiger partial charge in [0, 0.05) is 13.1 Å². The molecular weight excluding hydrogens is 518 g/mol. The van der Waals surface area contributed by atoms with Crippen LogP contribution < -0.4 is 21.9 Å². The molecule has 0 bridgehead atoms. The number of unbranched alkanes of at least 4 members (excludes halogenated alkanes) is 1. The van der Waals surface area contributed by atoms with Crippen LogP contribution in [0.5, 0.6) is 0 Å². The summed E-state index contributed by atoms with van der Waals surface area (Å²) in [5.74, 6) is -3.42. The van der Waals surface area contributed by atoms with Gasteiger partial charge in [-0.25, -0.2) is 9.59 Å². The van der Waals surface area contributed by atoms with Crippen molar-refractivity contribution in [3.63, 3.8) is 0 Å². The fraction of sp³-hybridized carbons (Fsp3) is 0.500. The highest BCUT2D eigenvalue weighted by molar-refractivity contribution is 6.22. The number of esters is 1. The molecule has 0 radical (unpaired) electrons. The van der Waals surface area contributed by atoms with Crippen LogP contribution in [0.15, 0.2) is 33.9 Å². The number of carbonyl (C=O) groups excluding carboxylic acids is 4. The molecule has 3 amide bonds. The van der Waals surface area contributed by atoms with E-state index < -0.39 is 53.5 Å². The van der Waals surface area contributed by atoms with E-state index in [2.05, 4.69) is 4.98 Å². The third kappa shape index (κ3) is 6.16. The fourth-order valence-electron chi connectivity index (χ4n) is 4.56. The van der Waals surface area contributed by atoms with Gasteiger partial charge < -0.3 is 15.4 Å². The second-order valence-corrected chi connectivity index (χ2v) is 10.5. The summed E-state index contributed by atoms with van der Waals surface area (Å²) < 4.78 is 6.55. The van der Waals surface area contributed by atoms with Crippen molar-refractivity contribution >= 4 is 35.2 Å². The molecular formula is C28H37N5O7. The van der Waals surface area contributed by atoms with Gasteiger partial charge in [-0.1, -0.05) is 53.2 Å². The SMILES string of the molecule is CCCCn1c(N)c(N(CCC(C)C)C(=O)COC(=O)[C@H](C(C)C)N2C(=O)c3ccccc3C2=O)c(=O)[nH]c1=O. The maximum Gasteiger partial charge on any atom is 0.330 e. The molecule has 0 fully saturated rings. The lowest BCUT2D eigenvalue weighted by Crippen LogP contribution is -2.49. The van der Waals surface area contributed by atoms with E-state index in [1.807, 2.05) is 20.8 Å². The summed E-state index contributed by atoms with van der Waals surface area (Å²) in [5, 5.41) is 0. The van der Waals surface area contributed by atoms with Gasteiger partial charge in [0.15, 0.2) is 12.3 Å². The van der Waals surface area contributed by atoms with Crippen LogP contribution in [0, 0.1) is 11.8 Å². The Kier molecular flexibility index (Phi) is 9.67. The summed E-state index contributed by atoms with van der Waals surface area (Å²) in [6, 6.07) is 5.00. The number of fused-ring (bicyclic) bond motifs is 1. The summed E-state index contributed by atoms with van der Waals surface area (Å²) in [4.78, 5) is 82.0. The van der Waals surface area contributed by atoms with Crippen molar-refractivity contribution in [2.24, 2.45) is 11.8 Å². The lowest BCUT2D eigenvalue weighted by atomic mass is 10.0. The van der Waals surface area contributed by atoms with E-state index in [-0.39, 0.29) is 41.6 Å². The summed E-state index contributed by atoms with van der Waals surface area (Å²) >= 11 is 0. The molecule has 1 aromatic heterocycles. The van der Waals surface area contributed by atoms with Gasteiger partial charge in [0.05, 0.1) is 11.1 Å². The van der Waals surface area contributed by atoms with Crippen LogP contribution in [-0.2, 0) is 20.9 Å². The third-order valence-electron chi connectivity index (χ3n) is 6.76. The van der Waals surface area contributed by atoms with Crippen molar-refractivity contribution in [1.29, 1.82) is 0 Å². The monoisotopic (exact) mass is 555 g/mol. The summed E-state index contributed by atoms with van der Waals surface area (Å²) in [6.45, 7) is 8.70. The number of hydrogen-bond donors (Lipinski definition) is 2. The highest BCUT2D eigenvalue weighted by Gasteiger charge is 2.45. The Morgan fingerprint density at radius 2 is 1.62 bits per heavy atom. The number of nitrogens with zero attached hydrogens (tertiary/aromatic N) is 3. The first kappa shape index (κ1) is 30.3. The number of anilines is 2. The van der Waals surface area contributed by atoms with Crippen molar-refractivity contribution in [1.82, 2.24) is 14.5 Å². The number of aromatic amines is 1. The third-order valence-corrected chi connectivity index (χ3v) is 6.76. The van der Waals surface area contributed by atoms with Crippen LogP contribution in [0.2, 0.25) is 0 Å². The molecule has 3 rings (SSSR count). The topological polar surface area (TPSA) is 165 Å². The highest BCUT2D eigenvalue weighted by atomic mass is 16.5. The molecule has 1 atom stereocenters. The molecule has 12 heteroatoms. The van der Waals surface area contributed by atoms with Crippen LogP contribution in [0.4, 0.5) is 11.5 Å². The minimum absolute atomic E-state index is 0.0827. The number of aromatic nitrogens is 2. The predicted molar refractivity (Wildman–Crippen MR) is 149 cm³/mol. The van der Waals surface area contributed by atoms with E-state index in [4.69, 9.17) is 10.5 Å². The van der Waals surface area contributed by atoms with E-state index in [0.29, 0.717) is 12.8 Å². The second-order valence-electron chi connectivity index (χ2n) is 10.5. The zero-order chi connectivity index (χ0) is 29.7. The van der Waals surface area contributed by atoms with E-state index in [1.54, 1.807) is 26.0 Å². The van der Waals surface area contributed by atoms with E-state index in [1.165, 1.54) is 16.7 Å². The molecule has 1 aromatic carbocycles. The number of amides is 3. The molecule has 2 aromatic rings. The van der Waals surface area contributed by atoms with E-state index in [9.17, 15) is 28.8 Å². The van der Waals surface area contributed by atoms with Crippen molar-refractivity contribution in [2.45, 2.75) is 66.5 Å². The largest absolute Gasteiger partial charge is 0.454 e. The van der Waals surface area contributed by atoms with Gasteiger partial charge in [-0.2, -0.15) is 0 Å². The zero-order valence-electron chi connectivity index (χ0n) is 23.6. The Hall–Kier alpha value is -4.22.